The Kier molecular flexibility index (Phi) is 5.34. The Morgan fingerprint density at radius 1 is 0.833 bits per heavy atom. The maximum Gasteiger partial charge on any atom is 0.110 e. The molecule has 0 bridgehead atoms. The second-order valence-corrected chi connectivity index (χ2v) is 14.1. The van der Waals surface area contributed by atoms with E-state index in [1.807, 2.05) is 22.8 Å². The summed E-state index contributed by atoms with van der Waals surface area (Å²) in [6.07, 6.45) is 0. The molecule has 0 aliphatic rings. The molecular weight excluding hydrogens is 227 g/mol. The first kappa shape index (κ1) is 13.4. The summed E-state index contributed by atoms with van der Waals surface area (Å²) in [7, 11) is 0. The fraction of sp³-hybridized carbons (Fsp3) is 1.00. The van der Waals surface area contributed by atoms with Gasteiger partial charge < -0.3 is 0 Å². The van der Waals surface area contributed by atoms with E-state index in [-0.39, 0.29) is 9.49 Å². The fourth-order valence-electron chi connectivity index (χ4n) is 0.449. The lowest BCUT2D eigenvalue weighted by Crippen LogP contribution is -2.07. The Morgan fingerprint density at radius 2 is 1.08 bits per heavy atom. The van der Waals surface area contributed by atoms with Gasteiger partial charge in [-0.05, 0) is 0 Å². The molecule has 0 rings (SSSR count). The van der Waals surface area contributed by atoms with Gasteiger partial charge in [0, 0.05) is 9.49 Å². The molecule has 0 amide bonds. The van der Waals surface area contributed by atoms with E-state index >= 15 is 0 Å². The van der Waals surface area contributed by atoms with Crippen LogP contribution in [-0.2, 0) is 0 Å². The summed E-state index contributed by atoms with van der Waals surface area (Å²) in [4.78, 5) is 0. The van der Waals surface area contributed by atoms with Crippen molar-refractivity contribution in [3.63, 3.8) is 0 Å². The highest BCUT2D eigenvalue weighted by Crippen LogP contribution is 2.71. The molecule has 0 atom stereocenters. The smallest absolute Gasteiger partial charge is 0.101 e. The van der Waals surface area contributed by atoms with Gasteiger partial charge in [-0.2, -0.15) is 0 Å². The number of halogens is 1. The Hall–Kier alpha value is 1.42. The second kappa shape index (κ2) is 4.77. The van der Waals surface area contributed by atoms with Gasteiger partial charge in [0.1, 0.15) is 5.68 Å². The van der Waals surface area contributed by atoms with E-state index in [9.17, 15) is 0 Å². The van der Waals surface area contributed by atoms with E-state index in [4.69, 9.17) is 11.2 Å². The Labute approximate surface area is 90.6 Å². The van der Waals surface area contributed by atoms with Crippen molar-refractivity contribution in [2.75, 3.05) is 0 Å². The number of rotatable bonds is 2. The third-order valence-electron chi connectivity index (χ3n) is 0.691. The molecule has 0 aromatic carbocycles. The highest BCUT2D eigenvalue weighted by Gasteiger charge is 2.23. The first-order valence-electron chi connectivity index (χ1n) is 3.94. The van der Waals surface area contributed by atoms with Crippen molar-refractivity contribution in [2.24, 2.45) is 0 Å². The molecule has 0 saturated heterocycles. The van der Waals surface area contributed by atoms with Crippen LogP contribution in [0.2, 0.25) is 0 Å². The molecule has 0 unspecified atom stereocenters. The zero-order valence-electron chi connectivity index (χ0n) is 8.64. The molecular formula is C8H18ClPS2. The average Bonchev–Trinajstić information content (AvgIpc) is 1.49. The Morgan fingerprint density at radius 3 is 1.25 bits per heavy atom. The van der Waals surface area contributed by atoms with Gasteiger partial charge in [-0.15, -0.1) is 22.8 Å². The molecule has 12 heavy (non-hydrogen) atoms. The standard InChI is InChI=1S/C8H18ClPS2/c1-7(2,3)11-10(9)12-8(4,5)6/h1-6H3. The number of hydrogen-bond donors (Lipinski definition) is 0. The number of hydrogen-bond acceptors (Lipinski definition) is 2. The van der Waals surface area contributed by atoms with Crippen LogP contribution in [0, 0.1) is 0 Å². The quantitative estimate of drug-likeness (QED) is 0.587. The third kappa shape index (κ3) is 9.51. The van der Waals surface area contributed by atoms with Crippen molar-refractivity contribution in [1.82, 2.24) is 0 Å². The maximum absolute atomic E-state index is 6.24. The van der Waals surface area contributed by atoms with Gasteiger partial charge in [0.05, 0.1) is 0 Å². The molecule has 4 heteroatoms. The minimum absolute atomic E-state index is 0.283. The van der Waals surface area contributed by atoms with Gasteiger partial charge in [-0.1, -0.05) is 52.8 Å². The first-order chi connectivity index (χ1) is 5.10. The lowest BCUT2D eigenvalue weighted by Gasteiger charge is -2.25. The van der Waals surface area contributed by atoms with Crippen molar-refractivity contribution in [1.29, 1.82) is 0 Å². The Bertz CT molecular complexity index is 121. The van der Waals surface area contributed by atoms with Crippen LogP contribution in [0.25, 0.3) is 0 Å². The molecule has 0 aliphatic heterocycles. The predicted octanol–water partition coefficient (Wildman–Crippen LogP) is 5.52. The SMILES string of the molecule is CC(C)(C)SP(Cl)SC(C)(C)C. The maximum atomic E-state index is 6.24. The predicted molar refractivity (Wildman–Crippen MR) is 67.5 cm³/mol. The van der Waals surface area contributed by atoms with Crippen LogP contribution >= 0.6 is 39.7 Å². The van der Waals surface area contributed by atoms with E-state index in [0.717, 1.165) is 0 Å². The lowest BCUT2D eigenvalue weighted by atomic mass is 10.3. The van der Waals surface area contributed by atoms with Crippen molar-refractivity contribution < 1.29 is 0 Å². The summed E-state index contributed by atoms with van der Waals surface area (Å²) in [6.45, 7) is 13.2. The summed E-state index contributed by atoms with van der Waals surface area (Å²) in [6, 6.07) is 0. The van der Waals surface area contributed by atoms with E-state index in [1.165, 1.54) is 0 Å². The largest absolute Gasteiger partial charge is 0.110 e. The van der Waals surface area contributed by atoms with Crippen LogP contribution < -0.4 is 0 Å². The van der Waals surface area contributed by atoms with Crippen molar-refractivity contribution in [3.8, 4) is 0 Å². The molecule has 0 aromatic rings. The van der Waals surface area contributed by atoms with Gasteiger partial charge in [0.15, 0.2) is 0 Å². The van der Waals surface area contributed by atoms with Crippen LogP contribution in [0.15, 0.2) is 0 Å². The summed E-state index contributed by atoms with van der Waals surface area (Å²) < 4.78 is 0.567. The van der Waals surface area contributed by atoms with E-state index in [1.54, 1.807) is 0 Å². The molecule has 0 fully saturated rings. The fourth-order valence-corrected chi connectivity index (χ4v) is 12.1. The minimum atomic E-state index is -0.451. The van der Waals surface area contributed by atoms with Gasteiger partial charge >= 0.3 is 0 Å². The zero-order chi connectivity index (χ0) is 9.99. The molecule has 0 heterocycles. The average molecular weight is 245 g/mol. The molecule has 0 aliphatic carbocycles. The van der Waals surface area contributed by atoms with Crippen molar-refractivity contribution >= 4 is 39.7 Å². The van der Waals surface area contributed by atoms with Gasteiger partial charge in [-0.3, -0.25) is 0 Å². The van der Waals surface area contributed by atoms with Crippen LogP contribution in [0.4, 0.5) is 0 Å². The summed E-state index contributed by atoms with van der Waals surface area (Å²) in [5.74, 6) is 0. The molecule has 0 N–H and O–H groups in total. The zero-order valence-corrected chi connectivity index (χ0v) is 11.9. The van der Waals surface area contributed by atoms with Crippen molar-refractivity contribution in [2.45, 2.75) is 51.0 Å². The van der Waals surface area contributed by atoms with Crippen LogP contribution in [0.5, 0.6) is 0 Å². The summed E-state index contributed by atoms with van der Waals surface area (Å²) in [5.41, 5.74) is -0.451. The normalized spacial score (nSPS) is 14.0. The van der Waals surface area contributed by atoms with Gasteiger partial charge in [0.25, 0.3) is 0 Å². The monoisotopic (exact) mass is 244 g/mol. The lowest BCUT2D eigenvalue weighted by molar-refractivity contribution is 0.809. The highest BCUT2D eigenvalue weighted by atomic mass is 35.7. The summed E-state index contributed by atoms with van der Waals surface area (Å²) in [5, 5.41) is 0. The van der Waals surface area contributed by atoms with E-state index in [0.29, 0.717) is 0 Å². The van der Waals surface area contributed by atoms with Crippen LogP contribution in [-0.4, -0.2) is 9.49 Å². The topological polar surface area (TPSA) is 0 Å². The van der Waals surface area contributed by atoms with E-state index in [2.05, 4.69) is 41.5 Å². The second-order valence-electron chi connectivity index (χ2n) is 4.62. The van der Waals surface area contributed by atoms with Crippen LogP contribution in [0.3, 0.4) is 0 Å². The molecule has 74 valence electrons. The Balaban J connectivity index is 3.83. The molecule has 0 aromatic heterocycles. The summed E-state index contributed by atoms with van der Waals surface area (Å²) >= 11 is 9.99. The van der Waals surface area contributed by atoms with Gasteiger partial charge in [-0.25, -0.2) is 0 Å². The molecule has 0 radical (unpaired) electrons. The van der Waals surface area contributed by atoms with Crippen molar-refractivity contribution in [3.05, 3.63) is 0 Å². The molecule has 0 spiro atoms. The van der Waals surface area contributed by atoms with Crippen LogP contribution in [0.1, 0.15) is 41.5 Å². The van der Waals surface area contributed by atoms with Gasteiger partial charge in [0.2, 0.25) is 0 Å². The van der Waals surface area contributed by atoms with E-state index < -0.39 is 5.68 Å². The minimum Gasteiger partial charge on any atom is -0.101 e. The molecule has 0 saturated carbocycles. The first-order valence-corrected chi connectivity index (χ1v) is 9.03. The highest BCUT2D eigenvalue weighted by molar-refractivity contribution is 8.94. The third-order valence-corrected chi connectivity index (χ3v) is 8.81. The molecule has 0 nitrogen and oxygen atoms in total.